The van der Waals surface area contributed by atoms with Gasteiger partial charge in [-0.15, -0.1) is 0 Å². The van der Waals surface area contributed by atoms with Crippen LogP contribution in [-0.4, -0.2) is 69.2 Å². The highest BCUT2D eigenvalue weighted by Crippen LogP contribution is 2.28. The number of piperidine rings is 1. The molecule has 2 aliphatic rings. The van der Waals surface area contributed by atoms with Gasteiger partial charge in [-0.25, -0.2) is 0 Å². The van der Waals surface area contributed by atoms with E-state index in [1.54, 1.807) is 6.07 Å². The summed E-state index contributed by atoms with van der Waals surface area (Å²) in [5.74, 6) is 0.511. The molecule has 2 N–H and O–H groups in total. The molecule has 0 radical (unpaired) electrons. The number of benzene rings is 1. The van der Waals surface area contributed by atoms with Crippen LogP contribution in [0.1, 0.15) is 43.5 Å². The van der Waals surface area contributed by atoms with Gasteiger partial charge in [-0.1, -0.05) is 6.92 Å². The highest BCUT2D eigenvalue weighted by atomic mass is 16.5. The number of rotatable bonds is 7. The molecule has 0 saturated carbocycles. The van der Waals surface area contributed by atoms with Crippen molar-refractivity contribution >= 4 is 23.2 Å². The highest BCUT2D eigenvalue weighted by Gasteiger charge is 2.21. The molecule has 1 aromatic carbocycles. The summed E-state index contributed by atoms with van der Waals surface area (Å²) in [5.41, 5.74) is 2.25. The smallest absolute Gasteiger partial charge is 0.253 e. The van der Waals surface area contributed by atoms with Gasteiger partial charge >= 0.3 is 0 Å². The molecule has 7 heteroatoms. The van der Waals surface area contributed by atoms with Gasteiger partial charge in [0.05, 0.1) is 18.8 Å². The van der Waals surface area contributed by atoms with Crippen LogP contribution in [0.2, 0.25) is 0 Å². The van der Waals surface area contributed by atoms with Gasteiger partial charge in [0.25, 0.3) is 5.91 Å². The van der Waals surface area contributed by atoms with E-state index in [2.05, 4.69) is 27.4 Å². The van der Waals surface area contributed by atoms with E-state index in [1.807, 2.05) is 12.1 Å². The maximum Gasteiger partial charge on any atom is 0.253 e. The molecule has 2 aliphatic heterocycles. The molecule has 7 nitrogen and oxygen atoms in total. The lowest BCUT2D eigenvalue weighted by molar-refractivity contribution is -0.114. The van der Waals surface area contributed by atoms with E-state index < -0.39 is 0 Å². The quantitative estimate of drug-likeness (QED) is 0.685. The molecule has 1 aromatic rings. The predicted molar refractivity (Wildman–Crippen MR) is 116 cm³/mol. The van der Waals surface area contributed by atoms with Crippen LogP contribution in [0.5, 0.6) is 0 Å². The Hall–Kier alpha value is -2.12. The summed E-state index contributed by atoms with van der Waals surface area (Å²) < 4.78 is 5.37. The maximum atomic E-state index is 13.0. The van der Waals surface area contributed by atoms with Crippen molar-refractivity contribution in [3.05, 3.63) is 23.8 Å². The van der Waals surface area contributed by atoms with Crippen molar-refractivity contribution in [1.82, 2.24) is 10.2 Å². The van der Waals surface area contributed by atoms with Crippen LogP contribution in [0.4, 0.5) is 11.4 Å². The van der Waals surface area contributed by atoms with Gasteiger partial charge in [-0.05, 0) is 49.9 Å². The summed E-state index contributed by atoms with van der Waals surface area (Å²) >= 11 is 0. The lowest BCUT2D eigenvalue weighted by atomic mass is 9.97. The number of ether oxygens (including phenoxy) is 1. The van der Waals surface area contributed by atoms with Gasteiger partial charge in [-0.3, -0.25) is 14.5 Å². The highest BCUT2D eigenvalue weighted by molar-refractivity contribution is 6.02. The first-order chi connectivity index (χ1) is 14.0. The first-order valence-electron chi connectivity index (χ1n) is 10.8. The van der Waals surface area contributed by atoms with E-state index in [-0.39, 0.29) is 11.8 Å². The van der Waals surface area contributed by atoms with E-state index in [9.17, 15) is 9.59 Å². The minimum absolute atomic E-state index is 0.0761. The Morgan fingerprint density at radius 3 is 2.55 bits per heavy atom. The fraction of sp³-hybridized carbons (Fsp3) is 0.636. The van der Waals surface area contributed by atoms with Crippen LogP contribution in [0.3, 0.4) is 0 Å². The molecule has 2 fully saturated rings. The summed E-state index contributed by atoms with van der Waals surface area (Å²) in [6, 6.07) is 5.64. The van der Waals surface area contributed by atoms with Crippen LogP contribution in [0, 0.1) is 5.92 Å². The van der Waals surface area contributed by atoms with Crippen LogP contribution in [0.15, 0.2) is 18.2 Å². The Kier molecular flexibility index (Phi) is 7.89. The Bertz CT molecular complexity index is 695. The molecular formula is C22H34N4O3. The van der Waals surface area contributed by atoms with Crippen LogP contribution >= 0.6 is 0 Å². The number of hydrogen-bond donors (Lipinski definition) is 2. The molecule has 0 bridgehead atoms. The van der Waals surface area contributed by atoms with Gasteiger partial charge in [0.2, 0.25) is 5.91 Å². The van der Waals surface area contributed by atoms with Crippen LogP contribution < -0.4 is 15.5 Å². The van der Waals surface area contributed by atoms with E-state index >= 15 is 0 Å². The number of morpholine rings is 1. The molecule has 0 unspecified atom stereocenters. The minimum atomic E-state index is -0.138. The number of carbonyl (C=O) groups excluding carboxylic acids is 2. The van der Waals surface area contributed by atoms with Crippen molar-refractivity contribution in [3.8, 4) is 0 Å². The fourth-order valence-corrected chi connectivity index (χ4v) is 3.95. The zero-order valence-corrected chi connectivity index (χ0v) is 17.7. The number of amides is 2. The lowest BCUT2D eigenvalue weighted by Crippen LogP contribution is -2.38. The number of anilines is 2. The van der Waals surface area contributed by atoms with E-state index in [1.165, 1.54) is 6.92 Å². The molecule has 2 heterocycles. The van der Waals surface area contributed by atoms with E-state index in [4.69, 9.17) is 4.74 Å². The van der Waals surface area contributed by atoms with Crippen molar-refractivity contribution in [1.29, 1.82) is 0 Å². The molecule has 160 valence electrons. The third-order valence-corrected chi connectivity index (χ3v) is 5.73. The summed E-state index contributed by atoms with van der Waals surface area (Å²) in [6.07, 6.45) is 3.18. The van der Waals surface area contributed by atoms with Crippen molar-refractivity contribution in [2.45, 2.75) is 33.1 Å². The van der Waals surface area contributed by atoms with Gasteiger partial charge in [-0.2, -0.15) is 0 Å². The van der Waals surface area contributed by atoms with E-state index in [0.717, 1.165) is 76.8 Å². The van der Waals surface area contributed by atoms with Crippen molar-refractivity contribution in [2.75, 3.05) is 62.7 Å². The summed E-state index contributed by atoms with van der Waals surface area (Å²) in [4.78, 5) is 29.1. The molecule has 0 aromatic heterocycles. The average Bonchev–Trinajstić information content (AvgIpc) is 2.72. The second-order valence-electron chi connectivity index (χ2n) is 8.15. The molecular weight excluding hydrogens is 368 g/mol. The summed E-state index contributed by atoms with van der Waals surface area (Å²) in [5, 5.41) is 5.86. The van der Waals surface area contributed by atoms with Crippen molar-refractivity contribution < 1.29 is 14.3 Å². The average molecular weight is 403 g/mol. The van der Waals surface area contributed by atoms with Crippen molar-refractivity contribution in [3.63, 3.8) is 0 Å². The van der Waals surface area contributed by atoms with Gasteiger partial charge < -0.3 is 20.3 Å². The zero-order valence-electron chi connectivity index (χ0n) is 17.7. The number of nitrogens with zero attached hydrogens (tertiary/aromatic N) is 2. The molecule has 0 atom stereocenters. The SMILES string of the molecule is CC(=O)Nc1ccc(N2CCC(C)CC2)c(C(=O)NCCCN2CCOCC2)c1. The van der Waals surface area contributed by atoms with Gasteiger partial charge in [0.15, 0.2) is 0 Å². The second kappa shape index (κ2) is 10.6. The number of nitrogens with one attached hydrogen (secondary N) is 2. The molecule has 29 heavy (non-hydrogen) atoms. The van der Waals surface area contributed by atoms with Gasteiger partial charge in [0.1, 0.15) is 0 Å². The third kappa shape index (κ3) is 6.44. The predicted octanol–water partition coefficient (Wildman–Crippen LogP) is 2.33. The summed E-state index contributed by atoms with van der Waals surface area (Å²) in [7, 11) is 0. The Morgan fingerprint density at radius 1 is 1.14 bits per heavy atom. The van der Waals surface area contributed by atoms with Crippen molar-refractivity contribution in [2.24, 2.45) is 5.92 Å². The summed E-state index contributed by atoms with van der Waals surface area (Å²) in [6.45, 7) is 10.8. The largest absolute Gasteiger partial charge is 0.379 e. The Balaban J connectivity index is 1.63. The molecule has 0 spiro atoms. The lowest BCUT2D eigenvalue weighted by Gasteiger charge is -2.33. The molecule has 0 aliphatic carbocycles. The first kappa shape index (κ1) is 21.6. The standard InChI is InChI=1S/C22H34N4O3/c1-17-6-10-26(11-7-17)21-5-4-19(24-18(2)27)16-20(21)22(28)23-8-3-9-25-12-14-29-15-13-25/h4-5,16-17H,3,6-15H2,1-2H3,(H,23,28)(H,24,27). The van der Waals surface area contributed by atoms with Crippen LogP contribution in [-0.2, 0) is 9.53 Å². The van der Waals surface area contributed by atoms with Gasteiger partial charge in [0, 0.05) is 51.0 Å². The molecule has 2 saturated heterocycles. The van der Waals surface area contributed by atoms with Crippen LogP contribution in [0.25, 0.3) is 0 Å². The number of hydrogen-bond acceptors (Lipinski definition) is 5. The second-order valence-corrected chi connectivity index (χ2v) is 8.15. The zero-order chi connectivity index (χ0) is 20.6. The fourth-order valence-electron chi connectivity index (χ4n) is 3.95. The van der Waals surface area contributed by atoms with E-state index in [0.29, 0.717) is 17.8 Å². The molecule has 3 rings (SSSR count). The Morgan fingerprint density at radius 2 is 1.86 bits per heavy atom. The first-order valence-corrected chi connectivity index (χ1v) is 10.8. The Labute approximate surface area is 173 Å². The maximum absolute atomic E-state index is 13.0. The monoisotopic (exact) mass is 402 g/mol. The third-order valence-electron chi connectivity index (χ3n) is 5.73. The number of carbonyl (C=O) groups is 2. The molecule has 2 amide bonds. The minimum Gasteiger partial charge on any atom is -0.379 e. The normalized spacial score (nSPS) is 18.5. The topological polar surface area (TPSA) is 73.9 Å².